The fourth-order valence-corrected chi connectivity index (χ4v) is 4.45. The van der Waals surface area contributed by atoms with Crippen molar-refractivity contribution in [1.82, 2.24) is 4.72 Å². The zero-order valence-corrected chi connectivity index (χ0v) is 13.7. The normalized spacial score (nSPS) is 18.6. The molecule has 0 spiro atoms. The lowest BCUT2D eigenvalue weighted by molar-refractivity contribution is 0.303. The Morgan fingerprint density at radius 1 is 1.29 bits per heavy atom. The zero-order chi connectivity index (χ0) is 15.5. The molecule has 3 N–H and O–H groups in total. The smallest absolute Gasteiger partial charge is 0.240 e. The summed E-state index contributed by atoms with van der Waals surface area (Å²) in [6, 6.07) is 4.98. The lowest BCUT2D eigenvalue weighted by Crippen LogP contribution is -2.38. The quantitative estimate of drug-likeness (QED) is 0.821. The van der Waals surface area contributed by atoms with E-state index >= 15 is 0 Å². The maximum Gasteiger partial charge on any atom is 0.240 e. The highest BCUT2D eigenvalue weighted by molar-refractivity contribution is 7.89. The van der Waals surface area contributed by atoms with Gasteiger partial charge in [0.25, 0.3) is 0 Å². The minimum absolute atomic E-state index is 0.0256. The Kier molecular flexibility index (Phi) is 5.27. The Morgan fingerprint density at radius 2 is 1.95 bits per heavy atom. The second-order valence-electron chi connectivity index (χ2n) is 6.02. The van der Waals surface area contributed by atoms with Gasteiger partial charge >= 0.3 is 0 Å². The molecule has 1 saturated carbocycles. The van der Waals surface area contributed by atoms with Crippen LogP contribution in [0.15, 0.2) is 23.1 Å². The van der Waals surface area contributed by atoms with Gasteiger partial charge in [0.15, 0.2) is 0 Å². The van der Waals surface area contributed by atoms with Gasteiger partial charge in [-0.2, -0.15) is 0 Å². The van der Waals surface area contributed by atoms with Crippen LogP contribution < -0.4 is 10.5 Å². The number of benzene rings is 1. The highest BCUT2D eigenvalue weighted by Crippen LogP contribution is 2.27. The van der Waals surface area contributed by atoms with Crippen molar-refractivity contribution in [2.75, 3.05) is 5.73 Å². The minimum Gasteiger partial charge on any atom is -0.398 e. The summed E-state index contributed by atoms with van der Waals surface area (Å²) in [5, 5.41) is 0. The van der Waals surface area contributed by atoms with Crippen molar-refractivity contribution in [3.05, 3.63) is 23.8 Å². The second-order valence-corrected chi connectivity index (χ2v) is 7.74. The van der Waals surface area contributed by atoms with Gasteiger partial charge in [-0.15, -0.1) is 0 Å². The number of rotatable bonds is 5. The van der Waals surface area contributed by atoms with Gasteiger partial charge in [-0.25, -0.2) is 13.1 Å². The predicted octanol–water partition coefficient (Wildman–Crippen LogP) is 3.08. The van der Waals surface area contributed by atoms with Crippen LogP contribution in [0.5, 0.6) is 0 Å². The van der Waals surface area contributed by atoms with E-state index < -0.39 is 10.0 Å². The van der Waals surface area contributed by atoms with Crippen molar-refractivity contribution in [1.29, 1.82) is 0 Å². The third-order valence-corrected chi connectivity index (χ3v) is 6.06. The molecule has 1 atom stereocenters. The van der Waals surface area contributed by atoms with E-state index in [2.05, 4.69) is 4.72 Å². The molecule has 1 aromatic carbocycles. The molecule has 4 nitrogen and oxygen atoms in total. The molecule has 0 saturated heterocycles. The summed E-state index contributed by atoms with van der Waals surface area (Å²) < 4.78 is 27.8. The molecule has 1 aliphatic carbocycles. The average Bonchev–Trinajstić information content (AvgIpc) is 2.47. The van der Waals surface area contributed by atoms with Gasteiger partial charge < -0.3 is 5.73 Å². The SMILES string of the molecule is CCc1ccc(S(=O)(=O)NC(C)C2CCCCC2)cc1N. The van der Waals surface area contributed by atoms with Gasteiger partial charge in [-0.1, -0.05) is 32.3 Å². The molecule has 118 valence electrons. The standard InChI is InChI=1S/C16H26N2O2S/c1-3-13-9-10-15(11-16(13)17)21(19,20)18-12(2)14-7-5-4-6-8-14/h9-12,14,18H,3-8,17H2,1-2H3. The summed E-state index contributed by atoms with van der Waals surface area (Å²) in [6.07, 6.45) is 6.70. The Hall–Kier alpha value is -1.07. The molecule has 2 rings (SSSR count). The van der Waals surface area contributed by atoms with Gasteiger partial charge in [0.1, 0.15) is 0 Å². The fraction of sp³-hybridized carbons (Fsp3) is 0.625. The first kappa shape index (κ1) is 16.3. The van der Waals surface area contributed by atoms with E-state index in [1.807, 2.05) is 13.8 Å². The van der Waals surface area contributed by atoms with Gasteiger partial charge in [0.2, 0.25) is 10.0 Å². The van der Waals surface area contributed by atoms with E-state index in [9.17, 15) is 8.42 Å². The molecule has 0 aliphatic heterocycles. The van der Waals surface area contributed by atoms with Crippen LogP contribution in [-0.4, -0.2) is 14.5 Å². The molecule has 1 unspecified atom stereocenters. The van der Waals surface area contributed by atoms with Crippen LogP contribution in [0.25, 0.3) is 0 Å². The second kappa shape index (κ2) is 6.79. The molecule has 1 aliphatic rings. The van der Waals surface area contributed by atoms with Crippen LogP contribution >= 0.6 is 0 Å². The largest absolute Gasteiger partial charge is 0.398 e. The van der Waals surface area contributed by atoms with Crippen LogP contribution in [0.2, 0.25) is 0 Å². The maximum atomic E-state index is 12.5. The minimum atomic E-state index is -3.49. The topological polar surface area (TPSA) is 72.2 Å². The highest BCUT2D eigenvalue weighted by atomic mass is 32.2. The molecule has 1 aromatic rings. The van der Waals surface area contributed by atoms with Crippen LogP contribution in [0, 0.1) is 5.92 Å². The van der Waals surface area contributed by atoms with E-state index in [4.69, 9.17) is 5.73 Å². The van der Waals surface area contributed by atoms with Crippen LogP contribution in [0.4, 0.5) is 5.69 Å². The van der Waals surface area contributed by atoms with E-state index in [0.717, 1.165) is 24.8 Å². The Morgan fingerprint density at radius 3 is 2.52 bits per heavy atom. The lowest BCUT2D eigenvalue weighted by Gasteiger charge is -2.28. The Bertz CT molecular complexity index is 578. The first-order chi connectivity index (χ1) is 9.94. The molecule has 1 fully saturated rings. The van der Waals surface area contributed by atoms with Crippen LogP contribution in [-0.2, 0) is 16.4 Å². The number of aryl methyl sites for hydroxylation is 1. The van der Waals surface area contributed by atoms with Crippen molar-refractivity contribution in [2.45, 2.75) is 63.3 Å². The number of hydrogen-bond acceptors (Lipinski definition) is 3. The number of nitrogens with one attached hydrogen (secondary N) is 1. The van der Waals surface area contributed by atoms with E-state index in [1.165, 1.54) is 19.3 Å². The van der Waals surface area contributed by atoms with Crippen LogP contribution in [0.1, 0.15) is 51.5 Å². The number of anilines is 1. The first-order valence-corrected chi connectivity index (χ1v) is 9.33. The average molecular weight is 310 g/mol. The van der Waals surface area contributed by atoms with Crippen molar-refractivity contribution < 1.29 is 8.42 Å². The summed E-state index contributed by atoms with van der Waals surface area (Å²) in [6.45, 7) is 3.97. The van der Waals surface area contributed by atoms with Crippen molar-refractivity contribution in [3.63, 3.8) is 0 Å². The van der Waals surface area contributed by atoms with Crippen molar-refractivity contribution in [3.8, 4) is 0 Å². The number of nitrogens with two attached hydrogens (primary N) is 1. The summed E-state index contributed by atoms with van der Waals surface area (Å²) in [5.41, 5.74) is 7.44. The molecule has 0 heterocycles. The van der Waals surface area contributed by atoms with Gasteiger partial charge in [-0.3, -0.25) is 0 Å². The summed E-state index contributed by atoms with van der Waals surface area (Å²) in [5.74, 6) is 0.445. The first-order valence-electron chi connectivity index (χ1n) is 7.84. The summed E-state index contributed by atoms with van der Waals surface area (Å²) in [4.78, 5) is 0.264. The summed E-state index contributed by atoms with van der Waals surface area (Å²) in [7, 11) is -3.49. The molecule has 0 bridgehead atoms. The van der Waals surface area contributed by atoms with Crippen LogP contribution in [0.3, 0.4) is 0 Å². The van der Waals surface area contributed by atoms with Crippen molar-refractivity contribution >= 4 is 15.7 Å². The molecule has 0 radical (unpaired) electrons. The molecular weight excluding hydrogens is 284 g/mol. The van der Waals surface area contributed by atoms with Gasteiger partial charge in [0.05, 0.1) is 4.90 Å². The van der Waals surface area contributed by atoms with E-state index in [-0.39, 0.29) is 10.9 Å². The Balaban J connectivity index is 2.12. The fourth-order valence-electron chi connectivity index (χ4n) is 3.11. The predicted molar refractivity (Wildman–Crippen MR) is 86.6 cm³/mol. The van der Waals surface area contributed by atoms with E-state index in [1.54, 1.807) is 18.2 Å². The van der Waals surface area contributed by atoms with Gasteiger partial charge in [-0.05, 0) is 49.8 Å². The zero-order valence-electron chi connectivity index (χ0n) is 12.9. The third-order valence-electron chi connectivity index (χ3n) is 4.51. The molecular formula is C16H26N2O2S. The third kappa shape index (κ3) is 3.98. The molecule has 5 heteroatoms. The van der Waals surface area contributed by atoms with Crippen molar-refractivity contribution in [2.24, 2.45) is 5.92 Å². The molecule has 21 heavy (non-hydrogen) atoms. The number of hydrogen-bond donors (Lipinski definition) is 2. The number of sulfonamides is 1. The summed E-state index contributed by atoms with van der Waals surface area (Å²) >= 11 is 0. The molecule has 0 amide bonds. The van der Waals surface area contributed by atoms with E-state index in [0.29, 0.717) is 11.6 Å². The number of nitrogen functional groups attached to an aromatic ring is 1. The Labute approximate surface area is 128 Å². The maximum absolute atomic E-state index is 12.5. The molecule has 0 aromatic heterocycles. The van der Waals surface area contributed by atoms with Gasteiger partial charge in [0, 0.05) is 11.7 Å². The lowest BCUT2D eigenvalue weighted by atomic mass is 9.85. The highest BCUT2D eigenvalue weighted by Gasteiger charge is 2.25. The monoisotopic (exact) mass is 310 g/mol.